The Morgan fingerprint density at radius 2 is 2.18 bits per heavy atom. The van der Waals surface area contributed by atoms with E-state index in [4.69, 9.17) is 12.2 Å². The third-order valence-corrected chi connectivity index (χ3v) is 7.12. The van der Waals surface area contributed by atoms with Crippen LogP contribution in [0, 0.1) is 0 Å². The molecule has 22 heavy (non-hydrogen) atoms. The second-order valence-electron chi connectivity index (χ2n) is 5.16. The van der Waals surface area contributed by atoms with Crippen molar-refractivity contribution in [2.45, 2.75) is 12.5 Å². The van der Waals surface area contributed by atoms with Crippen molar-refractivity contribution < 1.29 is 13.2 Å². The molecule has 0 radical (unpaired) electrons. The van der Waals surface area contributed by atoms with Crippen LogP contribution in [0.4, 0.5) is 0 Å². The molecule has 1 atom stereocenters. The summed E-state index contributed by atoms with van der Waals surface area (Å²) in [5, 5.41) is 0. The predicted octanol–water partition coefficient (Wildman–Crippen LogP) is 2.84. The fourth-order valence-electron chi connectivity index (χ4n) is 2.52. The van der Waals surface area contributed by atoms with Crippen LogP contribution < -0.4 is 0 Å². The Labute approximate surface area is 147 Å². The highest BCUT2D eigenvalue weighted by Gasteiger charge is 2.42. The van der Waals surface area contributed by atoms with Crippen LogP contribution in [0.5, 0.6) is 0 Å². The van der Waals surface area contributed by atoms with Crippen LogP contribution in [0.25, 0.3) is 6.08 Å². The normalized spacial score (nSPS) is 26.1. The molecule has 8 heteroatoms. The van der Waals surface area contributed by atoms with Crippen LogP contribution in [0.3, 0.4) is 0 Å². The van der Waals surface area contributed by atoms with Gasteiger partial charge in [0.25, 0.3) is 5.91 Å². The fraction of sp³-hybridized carbons (Fsp3) is 0.286. The van der Waals surface area contributed by atoms with Crippen molar-refractivity contribution in [3.05, 3.63) is 39.2 Å². The number of thiocarbonyl (C=S) groups is 1. The zero-order valence-electron chi connectivity index (χ0n) is 11.4. The van der Waals surface area contributed by atoms with Gasteiger partial charge >= 0.3 is 0 Å². The van der Waals surface area contributed by atoms with Crippen molar-refractivity contribution in [3.8, 4) is 0 Å². The summed E-state index contributed by atoms with van der Waals surface area (Å²) in [5.41, 5.74) is 0.897. The SMILES string of the molecule is O=C1/C(=C/c2cccc(Br)c2)SC(=S)N1[C@H]1CCS(=O)(=O)C1. The Bertz CT molecular complexity index is 788. The van der Waals surface area contributed by atoms with E-state index in [1.54, 1.807) is 6.08 Å². The third-order valence-electron chi connectivity index (χ3n) is 3.54. The van der Waals surface area contributed by atoms with Crippen LogP contribution in [-0.2, 0) is 14.6 Å². The van der Waals surface area contributed by atoms with Gasteiger partial charge in [-0.15, -0.1) is 0 Å². The van der Waals surface area contributed by atoms with Crippen molar-refractivity contribution in [1.29, 1.82) is 0 Å². The molecule has 2 heterocycles. The second-order valence-corrected chi connectivity index (χ2v) is 9.98. The lowest BCUT2D eigenvalue weighted by Crippen LogP contribution is -2.39. The van der Waals surface area contributed by atoms with Crippen LogP contribution >= 0.6 is 39.9 Å². The first kappa shape index (κ1) is 16.2. The van der Waals surface area contributed by atoms with Gasteiger partial charge in [0.2, 0.25) is 0 Å². The van der Waals surface area contributed by atoms with E-state index < -0.39 is 9.84 Å². The molecule has 0 saturated carbocycles. The highest BCUT2D eigenvalue weighted by atomic mass is 79.9. The first-order chi connectivity index (χ1) is 10.4. The van der Waals surface area contributed by atoms with Crippen molar-refractivity contribution in [1.82, 2.24) is 4.90 Å². The monoisotopic (exact) mass is 417 g/mol. The molecule has 2 saturated heterocycles. The molecule has 116 valence electrons. The number of hydrogen-bond donors (Lipinski definition) is 0. The zero-order valence-corrected chi connectivity index (χ0v) is 15.4. The van der Waals surface area contributed by atoms with Gasteiger partial charge in [-0.2, -0.15) is 0 Å². The van der Waals surface area contributed by atoms with Gasteiger partial charge in [0.1, 0.15) is 4.32 Å². The maximum Gasteiger partial charge on any atom is 0.266 e. The zero-order chi connectivity index (χ0) is 15.9. The van der Waals surface area contributed by atoms with E-state index in [-0.39, 0.29) is 23.5 Å². The maximum absolute atomic E-state index is 12.5. The lowest BCUT2D eigenvalue weighted by Gasteiger charge is -2.20. The quantitative estimate of drug-likeness (QED) is 0.546. The van der Waals surface area contributed by atoms with Gasteiger partial charge in [0.15, 0.2) is 9.84 Å². The van der Waals surface area contributed by atoms with Gasteiger partial charge in [-0.05, 0) is 30.2 Å². The van der Waals surface area contributed by atoms with E-state index in [0.717, 1.165) is 10.0 Å². The second kappa shape index (κ2) is 6.07. The van der Waals surface area contributed by atoms with Crippen molar-refractivity contribution in [2.24, 2.45) is 0 Å². The van der Waals surface area contributed by atoms with E-state index in [9.17, 15) is 13.2 Å². The average Bonchev–Trinajstić information content (AvgIpc) is 2.90. The summed E-state index contributed by atoms with van der Waals surface area (Å²) in [7, 11) is -3.05. The molecular weight excluding hydrogens is 406 g/mol. The summed E-state index contributed by atoms with van der Waals surface area (Å²) >= 11 is 9.89. The molecule has 1 aromatic carbocycles. The number of sulfone groups is 1. The van der Waals surface area contributed by atoms with Crippen LogP contribution in [0.15, 0.2) is 33.6 Å². The Morgan fingerprint density at radius 1 is 1.41 bits per heavy atom. The largest absolute Gasteiger partial charge is 0.289 e. The van der Waals surface area contributed by atoms with Crippen molar-refractivity contribution >= 4 is 66.1 Å². The number of nitrogens with zero attached hydrogens (tertiary/aromatic N) is 1. The average molecular weight is 418 g/mol. The molecule has 1 aromatic rings. The lowest BCUT2D eigenvalue weighted by molar-refractivity contribution is -0.123. The summed E-state index contributed by atoms with van der Waals surface area (Å²) in [5.74, 6) is -0.0692. The van der Waals surface area contributed by atoms with E-state index in [1.165, 1.54) is 16.7 Å². The molecular formula is C14H12BrNO3S3. The van der Waals surface area contributed by atoms with E-state index in [2.05, 4.69) is 15.9 Å². The third kappa shape index (κ3) is 3.29. The number of amides is 1. The van der Waals surface area contributed by atoms with Crippen LogP contribution in [0.2, 0.25) is 0 Å². The van der Waals surface area contributed by atoms with Gasteiger partial charge in [-0.3, -0.25) is 9.69 Å². The smallest absolute Gasteiger partial charge is 0.266 e. The van der Waals surface area contributed by atoms with E-state index in [1.807, 2.05) is 24.3 Å². The molecule has 0 aliphatic carbocycles. The molecule has 2 aliphatic rings. The highest BCUT2D eigenvalue weighted by molar-refractivity contribution is 9.10. The number of carbonyl (C=O) groups excluding carboxylic acids is 1. The molecule has 0 bridgehead atoms. The minimum atomic E-state index is -3.05. The van der Waals surface area contributed by atoms with E-state index in [0.29, 0.717) is 15.6 Å². The highest BCUT2D eigenvalue weighted by Crippen LogP contribution is 2.36. The summed E-state index contributed by atoms with van der Waals surface area (Å²) in [6, 6.07) is 7.28. The molecule has 1 amide bonds. The summed E-state index contributed by atoms with van der Waals surface area (Å²) in [6.45, 7) is 0. The standard InChI is InChI=1S/C14H12BrNO3S3/c15-10-3-1-2-9(6-10)7-12-13(17)16(14(20)21-12)11-4-5-22(18,19)8-11/h1-3,6-7,11H,4-5,8H2/b12-7-/t11-/m0/s1. The molecule has 0 aromatic heterocycles. The number of hydrogen-bond acceptors (Lipinski definition) is 5. The lowest BCUT2D eigenvalue weighted by atomic mass is 10.2. The Balaban J connectivity index is 1.86. The summed E-state index contributed by atoms with van der Waals surface area (Å²) in [6.07, 6.45) is 2.24. The van der Waals surface area contributed by atoms with Gasteiger partial charge in [0, 0.05) is 4.47 Å². The molecule has 0 unspecified atom stereocenters. The molecule has 2 fully saturated rings. The number of rotatable bonds is 2. The minimum Gasteiger partial charge on any atom is -0.289 e. The van der Waals surface area contributed by atoms with Gasteiger partial charge < -0.3 is 0 Å². The Hall–Kier alpha value is -0.700. The molecule has 3 rings (SSSR count). The Kier molecular flexibility index (Phi) is 4.46. The van der Waals surface area contributed by atoms with Crippen LogP contribution in [0.1, 0.15) is 12.0 Å². The number of halogens is 1. The van der Waals surface area contributed by atoms with Crippen molar-refractivity contribution in [3.63, 3.8) is 0 Å². The molecule has 0 N–H and O–H groups in total. The van der Waals surface area contributed by atoms with Gasteiger partial charge in [0.05, 0.1) is 22.5 Å². The maximum atomic E-state index is 12.5. The van der Waals surface area contributed by atoms with E-state index >= 15 is 0 Å². The topological polar surface area (TPSA) is 54.5 Å². The first-order valence-corrected chi connectivity index (χ1v) is 10.4. The number of carbonyl (C=O) groups is 1. The van der Waals surface area contributed by atoms with Crippen molar-refractivity contribution in [2.75, 3.05) is 11.5 Å². The van der Waals surface area contributed by atoms with Crippen LogP contribution in [-0.4, -0.2) is 41.1 Å². The predicted molar refractivity (Wildman–Crippen MR) is 96.2 cm³/mol. The molecule has 4 nitrogen and oxygen atoms in total. The minimum absolute atomic E-state index is 0.00358. The summed E-state index contributed by atoms with van der Waals surface area (Å²) in [4.78, 5) is 14.5. The van der Waals surface area contributed by atoms with Gasteiger partial charge in [-0.1, -0.05) is 52.0 Å². The summed E-state index contributed by atoms with van der Waals surface area (Å²) < 4.78 is 24.6. The molecule has 0 spiro atoms. The first-order valence-electron chi connectivity index (χ1n) is 6.59. The number of thioether (sulfide) groups is 1. The number of benzene rings is 1. The Morgan fingerprint density at radius 3 is 2.82 bits per heavy atom. The molecule has 2 aliphatic heterocycles. The fourth-order valence-corrected chi connectivity index (χ4v) is 6.04. The van der Waals surface area contributed by atoms with Gasteiger partial charge in [-0.25, -0.2) is 8.42 Å².